The van der Waals surface area contributed by atoms with E-state index in [1.54, 1.807) is 19.9 Å². The number of methoxy groups -OCH3 is 1. The third-order valence-electron chi connectivity index (χ3n) is 8.43. The van der Waals surface area contributed by atoms with E-state index in [0.29, 0.717) is 61.7 Å². The molecule has 1 saturated heterocycles. The number of alkyl carbamates (subject to hydrolysis) is 1. The van der Waals surface area contributed by atoms with E-state index in [-0.39, 0.29) is 34.7 Å². The highest BCUT2D eigenvalue weighted by molar-refractivity contribution is 6.36. The molecule has 0 aliphatic carbocycles. The lowest BCUT2D eigenvalue weighted by molar-refractivity contribution is -0.156. The number of anilines is 4. The van der Waals surface area contributed by atoms with Crippen LogP contribution in [0.1, 0.15) is 57.7 Å². The highest BCUT2D eigenvalue weighted by atomic mass is 35.5. The van der Waals surface area contributed by atoms with Gasteiger partial charge in [-0.2, -0.15) is 20.0 Å². The molecular weight excluding hydrogens is 694 g/mol. The fourth-order valence-electron chi connectivity index (χ4n) is 5.66. The van der Waals surface area contributed by atoms with Gasteiger partial charge in [0.2, 0.25) is 11.9 Å². The SMILES string of the molecule is CCNc1nc(Nc2cc(C#N)cc(N3CCC(NC(=O)OC)C(OC(=O)C(NC(=O)C(N)CCCCN)C(C)C)C3)c2Cl)nn2c(C#N)cnc12. The molecule has 3 aromatic rings. The number of esters is 1. The number of nitrogens with zero attached hydrogens (tertiary/aromatic N) is 7. The Morgan fingerprint density at radius 3 is 2.62 bits per heavy atom. The van der Waals surface area contributed by atoms with E-state index in [4.69, 9.17) is 32.5 Å². The number of rotatable bonds is 15. The van der Waals surface area contributed by atoms with Gasteiger partial charge in [0.05, 0.1) is 60.0 Å². The van der Waals surface area contributed by atoms with Gasteiger partial charge in [-0.1, -0.05) is 31.9 Å². The van der Waals surface area contributed by atoms with E-state index in [9.17, 15) is 24.9 Å². The highest BCUT2D eigenvalue weighted by Crippen LogP contribution is 2.37. The number of hydrogen-bond donors (Lipinski definition) is 6. The Morgan fingerprint density at radius 2 is 1.96 bits per heavy atom. The smallest absolute Gasteiger partial charge is 0.407 e. The number of carbonyl (C=O) groups excluding carboxylic acids is 3. The van der Waals surface area contributed by atoms with Crippen LogP contribution in [0.3, 0.4) is 0 Å². The van der Waals surface area contributed by atoms with Crippen LogP contribution in [0.25, 0.3) is 5.65 Å². The van der Waals surface area contributed by atoms with Crippen molar-refractivity contribution in [3.8, 4) is 12.1 Å². The van der Waals surface area contributed by atoms with Crippen LogP contribution in [0.2, 0.25) is 5.02 Å². The number of piperidine rings is 1. The van der Waals surface area contributed by atoms with Gasteiger partial charge in [-0.25, -0.2) is 14.6 Å². The molecule has 0 spiro atoms. The maximum absolute atomic E-state index is 13.7. The quantitative estimate of drug-likeness (QED) is 0.0964. The lowest BCUT2D eigenvalue weighted by Gasteiger charge is -2.40. The van der Waals surface area contributed by atoms with E-state index in [2.05, 4.69) is 42.4 Å². The van der Waals surface area contributed by atoms with E-state index in [1.165, 1.54) is 23.9 Å². The fourth-order valence-corrected chi connectivity index (χ4v) is 5.94. The summed E-state index contributed by atoms with van der Waals surface area (Å²) in [7, 11) is 1.23. The molecule has 1 fully saturated rings. The number of unbranched alkanes of at least 4 members (excludes halogenated alkanes) is 1. The molecule has 0 bridgehead atoms. The topological polar surface area (TPSA) is 264 Å². The first-order chi connectivity index (χ1) is 24.9. The highest BCUT2D eigenvalue weighted by Gasteiger charge is 2.37. The summed E-state index contributed by atoms with van der Waals surface area (Å²) in [4.78, 5) is 49.4. The molecule has 0 radical (unpaired) electrons. The number of nitrogens with two attached hydrogens (primary N) is 2. The number of ether oxygens (including phenoxy) is 2. The number of carbonyl (C=O) groups is 3. The number of fused-ring (bicyclic) bond motifs is 1. The number of aromatic nitrogens is 4. The summed E-state index contributed by atoms with van der Waals surface area (Å²) in [5, 5.41) is 35.8. The monoisotopic (exact) mass is 737 g/mol. The summed E-state index contributed by atoms with van der Waals surface area (Å²) < 4.78 is 12.2. The van der Waals surface area contributed by atoms with E-state index < -0.39 is 42.2 Å². The molecule has 278 valence electrons. The number of hydrogen-bond acceptors (Lipinski definition) is 15. The number of benzene rings is 1. The molecule has 4 unspecified atom stereocenters. The number of imidazole rings is 1. The average Bonchev–Trinajstić information content (AvgIpc) is 3.55. The molecule has 19 heteroatoms. The summed E-state index contributed by atoms with van der Waals surface area (Å²) >= 11 is 6.98. The maximum Gasteiger partial charge on any atom is 0.407 e. The van der Waals surface area contributed by atoms with Crippen molar-refractivity contribution in [3.63, 3.8) is 0 Å². The summed E-state index contributed by atoms with van der Waals surface area (Å²) in [6.07, 6.45) is 1.85. The molecule has 3 heterocycles. The standard InChI is InChI=1S/C33H44ClN13O5/c1-5-39-28-29-40-16-20(15-37)47(29)45-32(44-28)41-23-12-19(14-36)13-24(26(23)34)46-11-9-22(42-33(50)51-4)25(17-46)52-31(49)27(18(2)3)43-30(48)21(38)8-6-7-10-35/h12-13,16,18,21-22,25,27H,5-11,17,35,38H2,1-4H3,(H,42,50)(H,43,48)(H2,39,41,44,45). The van der Waals surface area contributed by atoms with Crippen LogP contribution in [0.15, 0.2) is 18.3 Å². The second kappa shape index (κ2) is 18.2. The zero-order valence-corrected chi connectivity index (χ0v) is 30.2. The number of amides is 2. The lowest BCUT2D eigenvalue weighted by atomic mass is 9.99. The predicted octanol–water partition coefficient (Wildman–Crippen LogP) is 2.14. The molecule has 1 aromatic carbocycles. The van der Waals surface area contributed by atoms with Crippen molar-refractivity contribution in [2.24, 2.45) is 17.4 Å². The van der Waals surface area contributed by atoms with Crippen LogP contribution in [-0.4, -0.2) is 95.1 Å². The third-order valence-corrected chi connectivity index (χ3v) is 8.83. The first-order valence-corrected chi connectivity index (χ1v) is 17.3. The predicted molar refractivity (Wildman–Crippen MR) is 193 cm³/mol. The normalized spacial score (nSPS) is 16.7. The van der Waals surface area contributed by atoms with Gasteiger partial charge in [-0.15, -0.1) is 5.10 Å². The van der Waals surface area contributed by atoms with Gasteiger partial charge in [-0.05, 0) is 50.8 Å². The molecule has 0 saturated carbocycles. The summed E-state index contributed by atoms with van der Waals surface area (Å²) in [5.74, 6) is -1.09. The number of halogens is 1. The first-order valence-electron chi connectivity index (χ1n) is 16.9. The van der Waals surface area contributed by atoms with Gasteiger partial charge in [0, 0.05) is 13.1 Å². The zero-order valence-electron chi connectivity index (χ0n) is 29.5. The van der Waals surface area contributed by atoms with E-state index in [0.717, 1.165) is 6.42 Å². The maximum atomic E-state index is 13.7. The molecule has 4 atom stereocenters. The van der Waals surface area contributed by atoms with Gasteiger partial charge in [0.25, 0.3) is 0 Å². The van der Waals surface area contributed by atoms with Gasteiger partial charge in [-0.3, -0.25) is 4.79 Å². The van der Waals surface area contributed by atoms with Crippen LogP contribution in [0.4, 0.5) is 27.9 Å². The van der Waals surface area contributed by atoms with Crippen LogP contribution in [0, 0.1) is 28.6 Å². The van der Waals surface area contributed by atoms with Crippen molar-refractivity contribution in [3.05, 3.63) is 34.6 Å². The summed E-state index contributed by atoms with van der Waals surface area (Å²) in [6, 6.07) is 4.81. The second-order valence-corrected chi connectivity index (χ2v) is 12.9. The van der Waals surface area contributed by atoms with Crippen molar-refractivity contribution >= 4 is 58.4 Å². The van der Waals surface area contributed by atoms with Crippen molar-refractivity contribution in [1.82, 2.24) is 30.2 Å². The Hall–Kier alpha value is -5.43. The van der Waals surface area contributed by atoms with E-state index in [1.807, 2.05) is 17.9 Å². The number of nitriles is 2. The molecule has 1 aliphatic heterocycles. The Morgan fingerprint density at radius 1 is 1.19 bits per heavy atom. The van der Waals surface area contributed by atoms with E-state index >= 15 is 0 Å². The fraction of sp³-hybridized carbons (Fsp3) is 0.515. The Bertz CT molecular complexity index is 1840. The minimum Gasteiger partial charge on any atom is -0.457 e. The van der Waals surface area contributed by atoms with Crippen LogP contribution < -0.4 is 37.6 Å². The van der Waals surface area contributed by atoms with Gasteiger partial charge in [0.15, 0.2) is 17.2 Å². The third kappa shape index (κ3) is 9.46. The molecular formula is C33H44ClN13O5. The van der Waals surface area contributed by atoms with Crippen LogP contribution >= 0.6 is 11.6 Å². The van der Waals surface area contributed by atoms with Crippen molar-refractivity contribution < 1.29 is 23.9 Å². The minimum absolute atomic E-state index is 0.0550. The molecule has 52 heavy (non-hydrogen) atoms. The van der Waals surface area contributed by atoms with Crippen molar-refractivity contribution in [1.29, 1.82) is 10.5 Å². The Labute approximate surface area is 306 Å². The van der Waals surface area contributed by atoms with Crippen LogP contribution in [-0.2, 0) is 19.1 Å². The molecule has 1 aliphatic rings. The molecule has 2 aromatic heterocycles. The lowest BCUT2D eigenvalue weighted by Crippen LogP contribution is -2.58. The second-order valence-electron chi connectivity index (χ2n) is 12.5. The summed E-state index contributed by atoms with van der Waals surface area (Å²) in [5.41, 5.74) is 13.2. The Kier molecular flexibility index (Phi) is 13.8. The molecule has 18 nitrogen and oxygen atoms in total. The zero-order chi connectivity index (χ0) is 37.9. The Balaban J connectivity index is 1.62. The van der Waals surface area contributed by atoms with Crippen LogP contribution in [0.5, 0.6) is 0 Å². The summed E-state index contributed by atoms with van der Waals surface area (Å²) in [6.45, 7) is 6.82. The van der Waals surface area contributed by atoms with Crippen molar-refractivity contribution in [2.75, 3.05) is 48.8 Å². The van der Waals surface area contributed by atoms with Gasteiger partial charge < -0.3 is 47.1 Å². The largest absolute Gasteiger partial charge is 0.457 e. The minimum atomic E-state index is -1.02. The van der Waals surface area contributed by atoms with Gasteiger partial charge >= 0.3 is 12.1 Å². The molecule has 4 rings (SSSR count). The molecule has 8 N–H and O–H groups in total. The first kappa shape index (κ1) is 39.4. The van der Waals surface area contributed by atoms with Gasteiger partial charge in [0.1, 0.15) is 18.2 Å². The van der Waals surface area contributed by atoms with Crippen molar-refractivity contribution in [2.45, 2.75) is 70.7 Å². The average molecular weight is 738 g/mol. The number of nitrogens with one attached hydrogen (secondary N) is 4. The molecule has 2 amide bonds.